The third-order valence-electron chi connectivity index (χ3n) is 3.64. The molecule has 1 saturated heterocycles. The van der Waals surface area contributed by atoms with E-state index in [1.165, 1.54) is 12.1 Å². The zero-order valence-corrected chi connectivity index (χ0v) is 16.4. The summed E-state index contributed by atoms with van der Waals surface area (Å²) in [6.45, 7) is 5.94. The summed E-state index contributed by atoms with van der Waals surface area (Å²) < 4.78 is 38.2. The minimum absolute atomic E-state index is 0.0195. The fourth-order valence-electron chi connectivity index (χ4n) is 2.50. The normalized spacial score (nSPS) is 19.2. The van der Waals surface area contributed by atoms with E-state index in [4.69, 9.17) is 0 Å². The number of halogens is 3. The molecule has 6 nitrogen and oxygen atoms in total. The maximum atomic E-state index is 12.7. The van der Waals surface area contributed by atoms with Gasteiger partial charge < -0.3 is 10.6 Å². The molecule has 0 radical (unpaired) electrons. The molecule has 1 atom stereocenters. The minimum Gasteiger partial charge on any atom is -0.326 e. The smallest absolute Gasteiger partial charge is 0.326 e. The maximum Gasteiger partial charge on any atom is 0.416 e. The largest absolute Gasteiger partial charge is 0.416 e. The molecular formula is C18H21F3N4O2S. The molecule has 0 saturated carbocycles. The first-order chi connectivity index (χ1) is 13.0. The highest BCUT2D eigenvalue weighted by atomic mass is 32.2. The number of rotatable bonds is 6. The SMILES string of the molecule is CC(CC(C)C)=N/N=C1/NC(=O)[C@H](CC(=O)Nc2cccc(C(F)(F)F)c2)S1. The molecule has 1 heterocycles. The summed E-state index contributed by atoms with van der Waals surface area (Å²) in [5, 5.41) is 12.6. The molecule has 0 aromatic heterocycles. The minimum atomic E-state index is -4.50. The first-order valence-electron chi connectivity index (χ1n) is 8.60. The van der Waals surface area contributed by atoms with E-state index in [2.05, 4.69) is 34.7 Å². The van der Waals surface area contributed by atoms with Crippen molar-refractivity contribution in [3.63, 3.8) is 0 Å². The molecule has 28 heavy (non-hydrogen) atoms. The molecule has 1 aromatic rings. The number of carbonyl (C=O) groups excluding carboxylic acids is 2. The van der Waals surface area contributed by atoms with Crippen molar-refractivity contribution in [2.75, 3.05) is 5.32 Å². The number of anilines is 1. The van der Waals surface area contributed by atoms with Gasteiger partial charge >= 0.3 is 6.18 Å². The highest BCUT2D eigenvalue weighted by Gasteiger charge is 2.33. The molecule has 1 aliphatic heterocycles. The first kappa shape index (κ1) is 21.9. The van der Waals surface area contributed by atoms with Crippen molar-refractivity contribution >= 4 is 40.1 Å². The van der Waals surface area contributed by atoms with Crippen molar-refractivity contribution in [1.29, 1.82) is 0 Å². The Morgan fingerprint density at radius 1 is 1.36 bits per heavy atom. The van der Waals surface area contributed by atoms with Crippen molar-refractivity contribution in [3.8, 4) is 0 Å². The van der Waals surface area contributed by atoms with E-state index in [0.29, 0.717) is 11.1 Å². The predicted octanol–water partition coefficient (Wildman–Crippen LogP) is 4.04. The van der Waals surface area contributed by atoms with E-state index < -0.39 is 22.9 Å². The number of amides is 2. The molecule has 2 amide bonds. The van der Waals surface area contributed by atoms with Crippen molar-refractivity contribution in [2.45, 2.75) is 45.0 Å². The monoisotopic (exact) mass is 414 g/mol. The van der Waals surface area contributed by atoms with Crippen LogP contribution in [-0.2, 0) is 15.8 Å². The summed E-state index contributed by atoms with van der Waals surface area (Å²) in [6.07, 6.45) is -3.92. The van der Waals surface area contributed by atoms with Gasteiger partial charge in [0.15, 0.2) is 5.17 Å². The average molecular weight is 414 g/mol. The zero-order chi connectivity index (χ0) is 20.9. The quantitative estimate of drug-likeness (QED) is 0.544. The lowest BCUT2D eigenvalue weighted by Crippen LogP contribution is -2.28. The van der Waals surface area contributed by atoms with Crippen LogP contribution in [0.25, 0.3) is 0 Å². The molecule has 2 N–H and O–H groups in total. The van der Waals surface area contributed by atoms with Crippen LogP contribution in [0.15, 0.2) is 34.5 Å². The van der Waals surface area contributed by atoms with E-state index in [-0.39, 0.29) is 18.0 Å². The van der Waals surface area contributed by atoms with Crippen LogP contribution < -0.4 is 10.6 Å². The third kappa shape index (κ3) is 6.66. The molecule has 0 aliphatic carbocycles. The van der Waals surface area contributed by atoms with Crippen LogP contribution in [0.2, 0.25) is 0 Å². The summed E-state index contributed by atoms with van der Waals surface area (Å²) in [4.78, 5) is 24.1. The summed E-state index contributed by atoms with van der Waals surface area (Å²) in [6, 6.07) is 4.32. The van der Waals surface area contributed by atoms with Crippen LogP contribution in [0.4, 0.5) is 18.9 Å². The average Bonchev–Trinajstić information content (AvgIpc) is 2.91. The Morgan fingerprint density at radius 3 is 2.71 bits per heavy atom. The third-order valence-corrected chi connectivity index (χ3v) is 4.71. The van der Waals surface area contributed by atoms with Crippen LogP contribution in [0.5, 0.6) is 0 Å². The fraction of sp³-hybridized carbons (Fsp3) is 0.444. The van der Waals surface area contributed by atoms with Gasteiger partial charge in [-0.05, 0) is 37.5 Å². The van der Waals surface area contributed by atoms with E-state index in [1.54, 1.807) is 0 Å². The predicted molar refractivity (Wildman–Crippen MR) is 104 cm³/mol. The summed E-state index contributed by atoms with van der Waals surface area (Å²) in [5.74, 6) is -0.519. The van der Waals surface area contributed by atoms with E-state index in [1.807, 2.05) is 6.92 Å². The van der Waals surface area contributed by atoms with Crippen LogP contribution >= 0.6 is 11.8 Å². The van der Waals surface area contributed by atoms with E-state index >= 15 is 0 Å². The second kappa shape index (κ2) is 9.22. The number of benzene rings is 1. The van der Waals surface area contributed by atoms with Gasteiger partial charge in [-0.3, -0.25) is 9.59 Å². The van der Waals surface area contributed by atoms with Gasteiger partial charge in [0, 0.05) is 17.8 Å². The Balaban J connectivity index is 1.95. The summed E-state index contributed by atoms with van der Waals surface area (Å²) >= 11 is 1.07. The first-order valence-corrected chi connectivity index (χ1v) is 9.48. The molecule has 2 rings (SSSR count). The Hall–Kier alpha value is -2.36. The zero-order valence-electron chi connectivity index (χ0n) is 15.6. The second-order valence-corrected chi connectivity index (χ2v) is 7.96. The standard InChI is InChI=1S/C18H21F3N4O2S/c1-10(2)7-11(3)24-25-17-23-16(27)14(28-17)9-15(26)22-13-6-4-5-12(8-13)18(19,20)21/h4-6,8,10,14H,7,9H2,1-3H3,(H,22,26)(H,23,25,27)/t14-/m0/s1. The summed E-state index contributed by atoms with van der Waals surface area (Å²) in [5.41, 5.74) is -0.0172. The number of thioether (sulfide) groups is 1. The van der Waals surface area contributed by atoms with Gasteiger partial charge in [0.05, 0.1) is 5.56 Å². The highest BCUT2D eigenvalue weighted by Crippen LogP contribution is 2.31. The summed E-state index contributed by atoms with van der Waals surface area (Å²) in [7, 11) is 0. The molecule has 1 aliphatic rings. The highest BCUT2D eigenvalue weighted by molar-refractivity contribution is 8.15. The van der Waals surface area contributed by atoms with Crippen molar-refractivity contribution < 1.29 is 22.8 Å². The number of nitrogens with one attached hydrogen (secondary N) is 2. The van der Waals surface area contributed by atoms with Crippen molar-refractivity contribution in [1.82, 2.24) is 5.32 Å². The Labute approximate surface area is 165 Å². The van der Waals surface area contributed by atoms with Crippen LogP contribution in [0, 0.1) is 5.92 Å². The molecular weight excluding hydrogens is 393 g/mol. The molecule has 10 heteroatoms. The fourth-order valence-corrected chi connectivity index (χ4v) is 3.42. The lowest BCUT2D eigenvalue weighted by molar-refractivity contribution is -0.137. The Kier molecular flexibility index (Phi) is 7.22. The lowest BCUT2D eigenvalue weighted by atomic mass is 10.1. The van der Waals surface area contributed by atoms with Crippen LogP contribution in [-0.4, -0.2) is 27.9 Å². The van der Waals surface area contributed by atoms with Crippen molar-refractivity contribution in [2.24, 2.45) is 16.1 Å². The van der Waals surface area contributed by atoms with Crippen LogP contribution in [0.3, 0.4) is 0 Å². The topological polar surface area (TPSA) is 82.9 Å². The number of nitrogens with zero attached hydrogens (tertiary/aromatic N) is 2. The number of carbonyl (C=O) groups is 2. The van der Waals surface area contributed by atoms with Gasteiger partial charge in [0.25, 0.3) is 0 Å². The molecule has 152 valence electrons. The maximum absolute atomic E-state index is 12.7. The van der Waals surface area contributed by atoms with Crippen LogP contribution in [0.1, 0.15) is 39.2 Å². The van der Waals surface area contributed by atoms with Gasteiger partial charge in [-0.1, -0.05) is 31.7 Å². The Morgan fingerprint density at radius 2 is 2.07 bits per heavy atom. The number of hydrogen-bond donors (Lipinski definition) is 2. The lowest BCUT2D eigenvalue weighted by Gasteiger charge is -2.10. The number of amidine groups is 1. The van der Waals surface area contributed by atoms with Gasteiger partial charge in [-0.15, -0.1) is 5.10 Å². The van der Waals surface area contributed by atoms with Gasteiger partial charge in [0.1, 0.15) is 5.25 Å². The molecule has 0 unspecified atom stereocenters. The molecule has 1 fully saturated rings. The molecule has 1 aromatic carbocycles. The van der Waals surface area contributed by atoms with E-state index in [9.17, 15) is 22.8 Å². The Bertz CT molecular complexity index is 806. The van der Waals surface area contributed by atoms with Crippen molar-refractivity contribution in [3.05, 3.63) is 29.8 Å². The van der Waals surface area contributed by atoms with Gasteiger partial charge in [-0.25, -0.2) is 0 Å². The molecule has 0 spiro atoms. The number of alkyl halides is 3. The molecule has 0 bridgehead atoms. The van der Waals surface area contributed by atoms with E-state index in [0.717, 1.165) is 36.0 Å². The van der Waals surface area contributed by atoms with Gasteiger partial charge in [0.2, 0.25) is 11.8 Å². The second-order valence-electron chi connectivity index (χ2n) is 6.77. The number of hydrogen-bond acceptors (Lipinski definition) is 5. The van der Waals surface area contributed by atoms with Gasteiger partial charge in [-0.2, -0.15) is 18.3 Å².